The Morgan fingerprint density at radius 3 is 2.70 bits per heavy atom. The molecule has 0 bridgehead atoms. The molecule has 0 atom stereocenters. The fraction of sp³-hybridized carbons (Fsp3) is 0.167. The van der Waals surface area contributed by atoms with Gasteiger partial charge in [-0.2, -0.15) is 13.9 Å². The van der Waals surface area contributed by atoms with E-state index in [2.05, 4.69) is 26.7 Å². The number of ether oxygens (including phenoxy) is 1. The van der Waals surface area contributed by atoms with Crippen LogP contribution >= 0.6 is 0 Å². The molecule has 27 heavy (non-hydrogen) atoms. The van der Waals surface area contributed by atoms with Crippen molar-refractivity contribution in [2.24, 2.45) is 0 Å². The third-order valence-electron chi connectivity index (χ3n) is 3.82. The van der Waals surface area contributed by atoms with E-state index in [1.807, 2.05) is 0 Å². The SMILES string of the molecule is C=CC(=O)NCc1nn(-c2ccc(OC(F)F)cc2)c2nccc(CO)c12. The highest BCUT2D eigenvalue weighted by Crippen LogP contribution is 2.25. The number of hydrogen-bond acceptors (Lipinski definition) is 5. The van der Waals surface area contributed by atoms with Crippen molar-refractivity contribution in [1.29, 1.82) is 0 Å². The minimum absolute atomic E-state index is 0.0210. The molecule has 3 aromatic rings. The number of hydrogen-bond donors (Lipinski definition) is 2. The van der Waals surface area contributed by atoms with E-state index in [0.717, 1.165) is 6.08 Å². The minimum Gasteiger partial charge on any atom is -0.435 e. The Balaban J connectivity index is 2.05. The molecule has 0 saturated heterocycles. The highest BCUT2D eigenvalue weighted by Gasteiger charge is 2.17. The first-order valence-electron chi connectivity index (χ1n) is 7.95. The van der Waals surface area contributed by atoms with Crippen LogP contribution in [0.1, 0.15) is 11.3 Å². The summed E-state index contributed by atoms with van der Waals surface area (Å²) in [4.78, 5) is 15.8. The standard InChI is InChI=1S/C18H16F2N4O3/c1-2-15(26)22-9-14-16-11(10-25)7-8-21-17(16)24(23-14)12-3-5-13(6-4-12)27-18(19)20/h2-8,18,25H,1,9-10H2,(H,22,26). The van der Waals surface area contributed by atoms with Crippen molar-refractivity contribution in [2.45, 2.75) is 19.8 Å². The number of rotatable bonds is 7. The van der Waals surface area contributed by atoms with Crippen LogP contribution in [0.5, 0.6) is 5.75 Å². The van der Waals surface area contributed by atoms with E-state index < -0.39 is 6.61 Å². The van der Waals surface area contributed by atoms with Crippen LogP contribution in [0.4, 0.5) is 8.78 Å². The number of amides is 1. The van der Waals surface area contributed by atoms with Crippen LogP contribution in [0, 0.1) is 0 Å². The number of alkyl halides is 2. The first-order chi connectivity index (χ1) is 13.0. The number of halogens is 2. The Bertz CT molecular complexity index is 971. The highest BCUT2D eigenvalue weighted by molar-refractivity contribution is 5.88. The number of benzene rings is 1. The topological polar surface area (TPSA) is 89.3 Å². The number of aliphatic hydroxyl groups is 1. The summed E-state index contributed by atoms with van der Waals surface area (Å²) >= 11 is 0. The van der Waals surface area contributed by atoms with E-state index in [1.54, 1.807) is 18.2 Å². The van der Waals surface area contributed by atoms with Crippen molar-refractivity contribution in [2.75, 3.05) is 0 Å². The zero-order valence-electron chi connectivity index (χ0n) is 14.1. The molecule has 0 aliphatic carbocycles. The zero-order valence-corrected chi connectivity index (χ0v) is 14.1. The summed E-state index contributed by atoms with van der Waals surface area (Å²) in [5.41, 5.74) is 2.13. The maximum Gasteiger partial charge on any atom is 0.387 e. The van der Waals surface area contributed by atoms with Gasteiger partial charge in [-0.05, 0) is 42.0 Å². The number of carbonyl (C=O) groups excluding carboxylic acids is 1. The maximum absolute atomic E-state index is 12.3. The number of nitrogens with one attached hydrogen (secondary N) is 1. The van der Waals surface area contributed by atoms with Crippen LogP contribution in [0.3, 0.4) is 0 Å². The molecule has 0 saturated carbocycles. The van der Waals surface area contributed by atoms with Gasteiger partial charge >= 0.3 is 6.61 Å². The molecule has 2 N–H and O–H groups in total. The quantitative estimate of drug-likeness (QED) is 0.620. The van der Waals surface area contributed by atoms with Crippen LogP contribution in [0.15, 0.2) is 49.2 Å². The molecule has 0 spiro atoms. The number of pyridine rings is 1. The van der Waals surface area contributed by atoms with Crippen molar-refractivity contribution in [3.63, 3.8) is 0 Å². The predicted octanol–water partition coefficient (Wildman–Crippen LogP) is 2.32. The van der Waals surface area contributed by atoms with Crippen LogP contribution in [-0.4, -0.2) is 32.4 Å². The van der Waals surface area contributed by atoms with Crippen LogP contribution in [0.25, 0.3) is 16.7 Å². The van der Waals surface area contributed by atoms with Gasteiger partial charge in [0.1, 0.15) is 5.75 Å². The lowest BCUT2D eigenvalue weighted by atomic mass is 10.1. The highest BCUT2D eigenvalue weighted by atomic mass is 19.3. The number of aliphatic hydroxyl groups excluding tert-OH is 1. The van der Waals surface area contributed by atoms with Gasteiger partial charge in [0.05, 0.1) is 24.5 Å². The van der Waals surface area contributed by atoms with Gasteiger partial charge in [-0.3, -0.25) is 4.79 Å². The van der Waals surface area contributed by atoms with Crippen molar-refractivity contribution in [3.8, 4) is 11.4 Å². The van der Waals surface area contributed by atoms with E-state index in [-0.39, 0.29) is 24.8 Å². The van der Waals surface area contributed by atoms with Gasteiger partial charge in [-0.1, -0.05) is 6.58 Å². The van der Waals surface area contributed by atoms with Crippen molar-refractivity contribution in [3.05, 3.63) is 60.4 Å². The lowest BCUT2D eigenvalue weighted by Crippen LogP contribution is -2.20. The van der Waals surface area contributed by atoms with Crippen molar-refractivity contribution in [1.82, 2.24) is 20.1 Å². The first-order valence-corrected chi connectivity index (χ1v) is 7.95. The lowest BCUT2D eigenvalue weighted by Gasteiger charge is -2.06. The monoisotopic (exact) mass is 374 g/mol. The Labute approximate surface area is 152 Å². The smallest absolute Gasteiger partial charge is 0.387 e. The summed E-state index contributed by atoms with van der Waals surface area (Å²) in [5.74, 6) is -0.340. The minimum atomic E-state index is -2.91. The van der Waals surface area contributed by atoms with E-state index in [9.17, 15) is 18.7 Å². The third kappa shape index (κ3) is 3.93. The Kier molecular flexibility index (Phi) is 5.41. The molecule has 9 heteroatoms. The molecule has 0 fully saturated rings. The van der Waals surface area contributed by atoms with Gasteiger partial charge in [-0.25, -0.2) is 9.67 Å². The number of fused-ring (bicyclic) bond motifs is 1. The van der Waals surface area contributed by atoms with Gasteiger partial charge < -0.3 is 15.2 Å². The molecule has 7 nitrogen and oxygen atoms in total. The molecule has 2 heterocycles. The largest absolute Gasteiger partial charge is 0.435 e. The molecule has 140 valence electrons. The Morgan fingerprint density at radius 2 is 2.07 bits per heavy atom. The van der Waals surface area contributed by atoms with Gasteiger partial charge in [0.15, 0.2) is 5.65 Å². The Hall–Kier alpha value is -3.33. The van der Waals surface area contributed by atoms with E-state index >= 15 is 0 Å². The fourth-order valence-electron chi connectivity index (χ4n) is 2.63. The summed E-state index contributed by atoms with van der Waals surface area (Å²) in [6.07, 6.45) is 2.68. The fourth-order valence-corrected chi connectivity index (χ4v) is 2.63. The first kappa shape index (κ1) is 18.5. The molecule has 3 rings (SSSR count). The number of aromatic nitrogens is 3. The zero-order chi connectivity index (χ0) is 19.4. The summed E-state index contributed by atoms with van der Waals surface area (Å²) in [6.45, 7) is 0.371. The second-order valence-electron chi connectivity index (χ2n) is 5.48. The van der Waals surface area contributed by atoms with E-state index in [0.29, 0.717) is 28.0 Å². The average Bonchev–Trinajstić information content (AvgIpc) is 3.05. The Morgan fingerprint density at radius 1 is 1.33 bits per heavy atom. The lowest BCUT2D eigenvalue weighted by molar-refractivity contribution is -0.116. The number of carbonyl (C=O) groups is 1. The van der Waals surface area contributed by atoms with Crippen molar-refractivity contribution < 1.29 is 23.4 Å². The van der Waals surface area contributed by atoms with Crippen molar-refractivity contribution >= 4 is 16.9 Å². The molecule has 0 aliphatic rings. The second kappa shape index (κ2) is 7.92. The van der Waals surface area contributed by atoms with E-state index in [4.69, 9.17) is 0 Å². The average molecular weight is 374 g/mol. The number of nitrogens with zero attached hydrogens (tertiary/aromatic N) is 3. The second-order valence-corrected chi connectivity index (χ2v) is 5.48. The van der Waals surface area contributed by atoms with Gasteiger partial charge in [-0.15, -0.1) is 0 Å². The third-order valence-corrected chi connectivity index (χ3v) is 3.82. The molecule has 0 aliphatic heterocycles. The predicted molar refractivity (Wildman–Crippen MR) is 93.5 cm³/mol. The summed E-state index contributed by atoms with van der Waals surface area (Å²) < 4.78 is 30.5. The van der Waals surface area contributed by atoms with Crippen LogP contribution in [0.2, 0.25) is 0 Å². The molecule has 2 aromatic heterocycles. The molecule has 0 unspecified atom stereocenters. The summed E-state index contributed by atoms with van der Waals surface area (Å²) in [5, 5.41) is 17.3. The van der Waals surface area contributed by atoms with Crippen LogP contribution in [-0.2, 0) is 17.9 Å². The molecular weight excluding hydrogens is 358 g/mol. The summed E-state index contributed by atoms with van der Waals surface area (Å²) in [6, 6.07) is 7.56. The van der Waals surface area contributed by atoms with Crippen LogP contribution < -0.4 is 10.1 Å². The maximum atomic E-state index is 12.3. The summed E-state index contributed by atoms with van der Waals surface area (Å²) in [7, 11) is 0. The molecule has 1 aromatic carbocycles. The molecule has 0 radical (unpaired) electrons. The molecular formula is C18H16F2N4O3. The van der Waals surface area contributed by atoms with Gasteiger partial charge in [0, 0.05) is 11.6 Å². The molecule has 1 amide bonds. The van der Waals surface area contributed by atoms with Gasteiger partial charge in [0.25, 0.3) is 0 Å². The normalized spacial score (nSPS) is 11.0. The van der Waals surface area contributed by atoms with E-state index in [1.165, 1.54) is 23.0 Å². The van der Waals surface area contributed by atoms with Gasteiger partial charge in [0.2, 0.25) is 5.91 Å².